The molecule has 2 aromatic heterocycles. The predicted molar refractivity (Wildman–Crippen MR) is 157 cm³/mol. The van der Waals surface area contributed by atoms with Gasteiger partial charge in [-0.1, -0.05) is 6.07 Å². The normalized spacial score (nSPS) is 17.1. The summed E-state index contributed by atoms with van der Waals surface area (Å²) in [5, 5.41) is 0.834. The first-order chi connectivity index (χ1) is 21.1. The molecule has 2 aliphatic heterocycles. The van der Waals surface area contributed by atoms with Crippen LogP contribution in [0.4, 0.5) is 20.2 Å². The Balaban J connectivity index is 1.26. The zero-order chi connectivity index (χ0) is 31.0. The number of pyridine rings is 2. The van der Waals surface area contributed by atoms with Crippen molar-refractivity contribution in [3.63, 3.8) is 0 Å². The van der Waals surface area contributed by atoms with Gasteiger partial charge in [-0.3, -0.25) is 19.3 Å². The molecule has 2 fully saturated rings. The van der Waals surface area contributed by atoms with Gasteiger partial charge in [-0.15, -0.1) is 0 Å². The number of ether oxygens (including phenoxy) is 2. The van der Waals surface area contributed by atoms with Crippen LogP contribution < -0.4 is 14.4 Å². The van der Waals surface area contributed by atoms with E-state index in [1.165, 1.54) is 19.4 Å². The van der Waals surface area contributed by atoms with Crippen LogP contribution in [-0.4, -0.2) is 74.6 Å². The number of methoxy groups -OCH3 is 1. The molecule has 1 atom stereocenters. The Morgan fingerprint density at radius 2 is 1.82 bits per heavy atom. The lowest BCUT2D eigenvalue weighted by Gasteiger charge is -2.37. The smallest absolute Gasteiger partial charge is 0.306 e. The Bertz CT molecular complexity index is 1880. The molecule has 11 nitrogen and oxygen atoms in total. The summed E-state index contributed by atoms with van der Waals surface area (Å²) in [7, 11) is -3.13. The van der Waals surface area contributed by atoms with E-state index >= 15 is 0 Å². The molecular formula is C30H27F2N5O6S. The summed E-state index contributed by atoms with van der Waals surface area (Å²) < 4.78 is 66.3. The number of carbonyl (C=O) groups excluding carboxylic acids is 2. The van der Waals surface area contributed by atoms with Crippen LogP contribution in [0.25, 0.3) is 22.0 Å². The molecule has 0 aliphatic carbocycles. The lowest BCUT2D eigenvalue weighted by Crippen LogP contribution is -2.51. The molecule has 0 spiro atoms. The summed E-state index contributed by atoms with van der Waals surface area (Å²) in [5.41, 5.74) is 2.85. The van der Waals surface area contributed by atoms with Crippen LogP contribution in [0.15, 0.2) is 65.8 Å². The highest BCUT2D eigenvalue weighted by Crippen LogP contribution is 2.34. The maximum atomic E-state index is 14.3. The van der Waals surface area contributed by atoms with Crippen molar-refractivity contribution >= 4 is 44.2 Å². The second kappa shape index (κ2) is 11.7. The Morgan fingerprint density at radius 3 is 2.52 bits per heavy atom. The number of hydrogen-bond donors (Lipinski definition) is 1. The SMILES string of the molecule is COc1ncc(-c2ccc3nccc(N4CCN(C(=O)[C@@H]5CCC(=O)O5)CC4)c3c2)cc1NS(=O)(=O)c1ccc(F)cc1F. The van der Waals surface area contributed by atoms with E-state index in [1.54, 1.807) is 11.1 Å². The molecule has 4 aromatic rings. The standard InChI is InChI=1S/C30H27F2N5O6S/c1-42-29-24(35-44(40,41)27-6-3-20(31)16-22(27)32)15-19(17-34-29)18-2-4-23-21(14-18)25(8-9-33-23)36-10-12-37(13-11-36)30(39)26-5-7-28(38)43-26/h2-4,6,8-9,14-17,26,35H,5,7,10-13H2,1H3/t26-/m0/s1. The van der Waals surface area contributed by atoms with Gasteiger partial charge in [0.05, 0.1) is 12.6 Å². The number of piperazine rings is 1. The predicted octanol–water partition coefficient (Wildman–Crippen LogP) is 3.74. The van der Waals surface area contributed by atoms with Crippen molar-refractivity contribution in [2.45, 2.75) is 23.8 Å². The summed E-state index contributed by atoms with van der Waals surface area (Å²) in [6.07, 6.45) is 3.18. The maximum absolute atomic E-state index is 14.3. The molecular weight excluding hydrogens is 596 g/mol. The number of nitrogens with one attached hydrogen (secondary N) is 1. The van der Waals surface area contributed by atoms with Crippen LogP contribution >= 0.6 is 0 Å². The van der Waals surface area contributed by atoms with Gasteiger partial charge in [-0.2, -0.15) is 0 Å². The minimum Gasteiger partial charge on any atom is -0.480 e. The van der Waals surface area contributed by atoms with Crippen molar-refractivity contribution in [1.82, 2.24) is 14.9 Å². The molecule has 0 bridgehead atoms. The third-order valence-electron chi connectivity index (χ3n) is 7.62. The lowest BCUT2D eigenvalue weighted by molar-refractivity contribution is -0.153. The molecule has 14 heteroatoms. The Kier molecular flexibility index (Phi) is 7.76. The fraction of sp³-hybridized carbons (Fsp3) is 0.267. The first kappa shape index (κ1) is 29.2. The van der Waals surface area contributed by atoms with Crippen LogP contribution in [0.2, 0.25) is 0 Å². The molecule has 4 heterocycles. The second-order valence-corrected chi connectivity index (χ2v) is 12.0. The second-order valence-electron chi connectivity index (χ2n) is 10.4. The number of fused-ring (bicyclic) bond motifs is 1. The van der Waals surface area contributed by atoms with Crippen molar-refractivity contribution in [3.05, 3.63) is 72.6 Å². The van der Waals surface area contributed by atoms with E-state index in [-0.39, 0.29) is 29.9 Å². The average molecular weight is 624 g/mol. The third-order valence-corrected chi connectivity index (χ3v) is 9.01. The van der Waals surface area contributed by atoms with E-state index in [4.69, 9.17) is 9.47 Å². The minimum absolute atomic E-state index is 0.0334. The van der Waals surface area contributed by atoms with Gasteiger partial charge in [-0.05, 0) is 42.0 Å². The minimum atomic E-state index is -4.45. The van der Waals surface area contributed by atoms with E-state index in [1.807, 2.05) is 24.3 Å². The van der Waals surface area contributed by atoms with E-state index in [9.17, 15) is 26.8 Å². The number of carbonyl (C=O) groups is 2. The van der Waals surface area contributed by atoms with E-state index in [2.05, 4.69) is 19.6 Å². The summed E-state index contributed by atoms with van der Waals surface area (Å²) in [6.45, 7) is 2.06. The molecule has 44 heavy (non-hydrogen) atoms. The van der Waals surface area contributed by atoms with E-state index in [0.29, 0.717) is 49.8 Å². The van der Waals surface area contributed by atoms with Crippen molar-refractivity contribution < 1.29 is 36.3 Å². The molecule has 2 aliphatic rings. The topological polar surface area (TPSA) is 131 Å². The number of esters is 1. The zero-order valence-electron chi connectivity index (χ0n) is 23.5. The number of nitrogens with zero attached hydrogens (tertiary/aromatic N) is 4. The number of aromatic nitrogens is 2. The highest BCUT2D eigenvalue weighted by molar-refractivity contribution is 7.92. The number of rotatable bonds is 7. The third kappa shape index (κ3) is 5.72. The number of hydrogen-bond acceptors (Lipinski definition) is 9. The van der Waals surface area contributed by atoms with Gasteiger partial charge in [0.1, 0.15) is 22.2 Å². The Hall–Kier alpha value is -4.85. The number of anilines is 2. The van der Waals surface area contributed by atoms with Crippen molar-refractivity contribution in [2.24, 2.45) is 0 Å². The van der Waals surface area contributed by atoms with Crippen LogP contribution in [0.1, 0.15) is 12.8 Å². The first-order valence-electron chi connectivity index (χ1n) is 13.8. The maximum Gasteiger partial charge on any atom is 0.306 e. The number of amides is 1. The molecule has 0 saturated carbocycles. The zero-order valence-corrected chi connectivity index (χ0v) is 24.3. The van der Waals surface area contributed by atoms with Gasteiger partial charge >= 0.3 is 5.97 Å². The van der Waals surface area contributed by atoms with Gasteiger partial charge in [0.25, 0.3) is 15.9 Å². The Labute approximate surface area is 251 Å². The summed E-state index contributed by atoms with van der Waals surface area (Å²) >= 11 is 0. The molecule has 2 saturated heterocycles. The summed E-state index contributed by atoms with van der Waals surface area (Å²) in [4.78, 5) is 36.1. The quantitative estimate of drug-likeness (QED) is 0.306. The van der Waals surface area contributed by atoms with Crippen molar-refractivity contribution in [2.75, 3.05) is 42.9 Å². The molecule has 1 amide bonds. The largest absolute Gasteiger partial charge is 0.480 e. The average Bonchev–Trinajstić information content (AvgIpc) is 3.46. The van der Waals surface area contributed by atoms with Gasteiger partial charge in [0, 0.05) is 74.1 Å². The molecule has 228 valence electrons. The fourth-order valence-electron chi connectivity index (χ4n) is 5.40. The molecule has 6 rings (SSSR count). The highest BCUT2D eigenvalue weighted by atomic mass is 32.2. The lowest BCUT2D eigenvalue weighted by atomic mass is 10.0. The van der Waals surface area contributed by atoms with Gasteiger partial charge in [-0.25, -0.2) is 22.2 Å². The molecule has 2 aromatic carbocycles. The number of benzene rings is 2. The van der Waals surface area contributed by atoms with Gasteiger partial charge < -0.3 is 19.3 Å². The van der Waals surface area contributed by atoms with Crippen molar-refractivity contribution in [3.8, 4) is 17.0 Å². The Morgan fingerprint density at radius 1 is 1.02 bits per heavy atom. The fourth-order valence-corrected chi connectivity index (χ4v) is 6.51. The van der Waals surface area contributed by atoms with Crippen LogP contribution in [0.3, 0.4) is 0 Å². The van der Waals surface area contributed by atoms with Gasteiger partial charge in [0.15, 0.2) is 6.10 Å². The number of cyclic esters (lactones) is 1. The molecule has 1 N–H and O–H groups in total. The van der Waals surface area contributed by atoms with Crippen LogP contribution in [0, 0.1) is 11.6 Å². The van der Waals surface area contributed by atoms with E-state index < -0.39 is 32.7 Å². The highest BCUT2D eigenvalue weighted by Gasteiger charge is 2.34. The number of halogens is 2. The first-order valence-corrected chi connectivity index (χ1v) is 15.3. The van der Waals surface area contributed by atoms with Crippen molar-refractivity contribution in [1.29, 1.82) is 0 Å². The summed E-state index contributed by atoms with van der Waals surface area (Å²) in [5.74, 6) is -2.69. The van der Waals surface area contributed by atoms with E-state index in [0.717, 1.165) is 28.7 Å². The summed E-state index contributed by atoms with van der Waals surface area (Å²) in [6, 6.07) is 11.2. The molecule has 0 unspecified atom stereocenters. The van der Waals surface area contributed by atoms with Crippen LogP contribution in [0.5, 0.6) is 5.88 Å². The number of sulfonamides is 1. The molecule has 0 radical (unpaired) electrons. The monoisotopic (exact) mass is 623 g/mol. The van der Waals surface area contributed by atoms with Gasteiger partial charge in [0.2, 0.25) is 5.88 Å². The van der Waals surface area contributed by atoms with Crippen LogP contribution in [-0.2, 0) is 24.3 Å².